The first-order valence-electron chi connectivity index (χ1n) is 6.57. The Labute approximate surface area is 126 Å². The molecule has 0 heterocycles. The molecule has 0 aliphatic rings. The number of alkyl halides is 3. The molecule has 0 saturated carbocycles. The molecule has 1 aromatic rings. The third-order valence-electron chi connectivity index (χ3n) is 3.41. The van der Waals surface area contributed by atoms with Crippen molar-refractivity contribution in [2.75, 3.05) is 7.05 Å². The Bertz CT molecular complexity index is 550. The highest BCUT2D eigenvalue weighted by atomic mass is 19.4. The predicted molar refractivity (Wildman–Crippen MR) is 74.3 cm³/mol. The quantitative estimate of drug-likeness (QED) is 0.906. The van der Waals surface area contributed by atoms with Gasteiger partial charge in [0.25, 0.3) is 0 Å². The Balaban J connectivity index is 2.70. The maximum Gasteiger partial charge on any atom is 0.394 e. The fraction of sp³-hybridized carbons (Fsp3) is 0.467. The molecule has 0 unspecified atom stereocenters. The van der Waals surface area contributed by atoms with Crippen LogP contribution in [0.1, 0.15) is 36.2 Å². The molecule has 7 heteroatoms. The smallest absolute Gasteiger partial charge is 0.394 e. The summed E-state index contributed by atoms with van der Waals surface area (Å²) in [5.74, 6) is -1.69. The van der Waals surface area contributed by atoms with E-state index in [4.69, 9.17) is 5.11 Å². The van der Waals surface area contributed by atoms with E-state index in [2.05, 4.69) is 0 Å². The maximum atomic E-state index is 12.8. The van der Waals surface area contributed by atoms with Gasteiger partial charge < -0.3 is 10.0 Å². The minimum atomic E-state index is -4.45. The Hall–Kier alpha value is -2.05. The van der Waals surface area contributed by atoms with Gasteiger partial charge in [-0.3, -0.25) is 4.79 Å². The lowest BCUT2D eigenvalue weighted by Gasteiger charge is -2.29. The van der Waals surface area contributed by atoms with Gasteiger partial charge in [0, 0.05) is 20.0 Å². The van der Waals surface area contributed by atoms with Crippen LogP contribution < -0.4 is 0 Å². The van der Waals surface area contributed by atoms with Crippen molar-refractivity contribution < 1.29 is 27.9 Å². The molecule has 1 rings (SSSR count). The van der Waals surface area contributed by atoms with Crippen LogP contribution in [0.5, 0.6) is 0 Å². The van der Waals surface area contributed by atoms with E-state index in [1.54, 1.807) is 0 Å². The molecule has 1 N–H and O–H groups in total. The summed E-state index contributed by atoms with van der Waals surface area (Å²) < 4.78 is 38.3. The van der Waals surface area contributed by atoms with Crippen LogP contribution in [0, 0.1) is 5.41 Å². The summed E-state index contributed by atoms with van der Waals surface area (Å²) >= 11 is 0. The standard InChI is InChI=1S/C15H18F3NO3/c1-14(2,15(16,17)18)8-12(20)19(3)9-10-4-6-11(7-5-10)13(21)22/h4-7H,8-9H2,1-3H3,(H,21,22). The molecule has 0 atom stereocenters. The van der Waals surface area contributed by atoms with Crippen LogP contribution in [0.2, 0.25) is 0 Å². The third kappa shape index (κ3) is 4.47. The highest BCUT2D eigenvalue weighted by Gasteiger charge is 2.48. The van der Waals surface area contributed by atoms with Gasteiger partial charge in [0.15, 0.2) is 0 Å². The Morgan fingerprint density at radius 2 is 1.64 bits per heavy atom. The molecule has 0 saturated heterocycles. The Kier molecular flexibility index (Phi) is 5.22. The van der Waals surface area contributed by atoms with E-state index in [-0.39, 0.29) is 12.1 Å². The number of carboxylic acid groups (broad SMARTS) is 1. The summed E-state index contributed by atoms with van der Waals surface area (Å²) in [6.07, 6.45) is -5.09. The SMILES string of the molecule is CN(Cc1ccc(C(=O)O)cc1)C(=O)CC(C)(C)C(F)(F)F. The molecule has 122 valence electrons. The molecular weight excluding hydrogens is 299 g/mol. The maximum absolute atomic E-state index is 12.8. The van der Waals surface area contributed by atoms with E-state index >= 15 is 0 Å². The van der Waals surface area contributed by atoms with Crippen LogP contribution in [-0.4, -0.2) is 35.1 Å². The van der Waals surface area contributed by atoms with E-state index < -0.39 is 29.9 Å². The van der Waals surface area contributed by atoms with Crippen LogP contribution in [0.15, 0.2) is 24.3 Å². The van der Waals surface area contributed by atoms with Crippen molar-refractivity contribution in [1.82, 2.24) is 4.90 Å². The number of nitrogens with zero attached hydrogens (tertiary/aromatic N) is 1. The third-order valence-corrected chi connectivity index (χ3v) is 3.41. The second kappa shape index (κ2) is 6.37. The summed E-state index contributed by atoms with van der Waals surface area (Å²) in [6.45, 7) is 2.09. The summed E-state index contributed by atoms with van der Waals surface area (Å²) in [6, 6.07) is 5.83. The first-order valence-corrected chi connectivity index (χ1v) is 6.57. The first-order chi connectivity index (χ1) is 9.94. The van der Waals surface area contributed by atoms with Gasteiger partial charge in [0.05, 0.1) is 11.0 Å². The van der Waals surface area contributed by atoms with Gasteiger partial charge in [-0.2, -0.15) is 13.2 Å². The number of halogens is 3. The molecule has 22 heavy (non-hydrogen) atoms. The number of carbonyl (C=O) groups is 2. The van der Waals surface area contributed by atoms with Crippen molar-refractivity contribution in [1.29, 1.82) is 0 Å². The second-order valence-electron chi connectivity index (χ2n) is 5.81. The minimum Gasteiger partial charge on any atom is -0.478 e. The van der Waals surface area contributed by atoms with Gasteiger partial charge in [-0.25, -0.2) is 4.79 Å². The molecule has 0 aliphatic heterocycles. The molecule has 1 amide bonds. The predicted octanol–water partition coefficient (Wildman–Crippen LogP) is 3.32. The van der Waals surface area contributed by atoms with Gasteiger partial charge >= 0.3 is 12.1 Å². The van der Waals surface area contributed by atoms with Crippen LogP contribution in [-0.2, 0) is 11.3 Å². The van der Waals surface area contributed by atoms with Crippen LogP contribution >= 0.6 is 0 Å². The highest BCUT2D eigenvalue weighted by Crippen LogP contribution is 2.40. The normalized spacial score (nSPS) is 12.1. The number of hydrogen-bond donors (Lipinski definition) is 1. The number of benzene rings is 1. The molecule has 0 fully saturated rings. The molecule has 0 bridgehead atoms. The zero-order valence-electron chi connectivity index (χ0n) is 12.6. The van der Waals surface area contributed by atoms with Crippen LogP contribution in [0.25, 0.3) is 0 Å². The average molecular weight is 317 g/mol. The number of carboxylic acids is 1. The number of carbonyl (C=O) groups excluding carboxylic acids is 1. The van der Waals surface area contributed by atoms with Crippen molar-refractivity contribution in [2.24, 2.45) is 5.41 Å². The van der Waals surface area contributed by atoms with Crippen molar-refractivity contribution in [2.45, 2.75) is 33.0 Å². The molecule has 0 radical (unpaired) electrons. The molecule has 0 spiro atoms. The summed E-state index contributed by atoms with van der Waals surface area (Å²) in [5.41, 5.74) is -1.34. The molecule has 1 aromatic carbocycles. The largest absolute Gasteiger partial charge is 0.478 e. The van der Waals surface area contributed by atoms with Crippen LogP contribution in [0.4, 0.5) is 13.2 Å². The van der Waals surface area contributed by atoms with Crippen molar-refractivity contribution in [3.05, 3.63) is 35.4 Å². The van der Waals surface area contributed by atoms with Gasteiger partial charge in [-0.1, -0.05) is 26.0 Å². The first kappa shape index (κ1) is 18.0. The van der Waals surface area contributed by atoms with Gasteiger partial charge in [-0.15, -0.1) is 0 Å². The zero-order chi connectivity index (χ0) is 17.1. The highest BCUT2D eigenvalue weighted by molar-refractivity contribution is 5.87. The topological polar surface area (TPSA) is 57.6 Å². The molecule has 0 aromatic heterocycles. The molecule has 4 nitrogen and oxygen atoms in total. The fourth-order valence-corrected chi connectivity index (χ4v) is 1.73. The molecule has 0 aliphatic carbocycles. The van der Waals surface area contributed by atoms with Crippen molar-refractivity contribution in [3.63, 3.8) is 0 Å². The number of aromatic carboxylic acids is 1. The van der Waals surface area contributed by atoms with Crippen molar-refractivity contribution in [3.8, 4) is 0 Å². The van der Waals surface area contributed by atoms with E-state index in [0.29, 0.717) is 5.56 Å². The van der Waals surface area contributed by atoms with Crippen molar-refractivity contribution >= 4 is 11.9 Å². The summed E-state index contributed by atoms with van der Waals surface area (Å²) in [4.78, 5) is 23.8. The van der Waals surface area contributed by atoms with Crippen LogP contribution in [0.3, 0.4) is 0 Å². The van der Waals surface area contributed by atoms with Gasteiger partial charge in [-0.05, 0) is 17.7 Å². The minimum absolute atomic E-state index is 0.107. The zero-order valence-corrected chi connectivity index (χ0v) is 12.6. The second-order valence-corrected chi connectivity index (χ2v) is 5.81. The average Bonchev–Trinajstić information content (AvgIpc) is 2.37. The van der Waals surface area contributed by atoms with E-state index in [1.165, 1.54) is 36.2 Å². The fourth-order valence-electron chi connectivity index (χ4n) is 1.73. The van der Waals surface area contributed by atoms with E-state index in [0.717, 1.165) is 13.8 Å². The van der Waals surface area contributed by atoms with Gasteiger partial charge in [0.2, 0.25) is 5.91 Å². The number of rotatable bonds is 5. The van der Waals surface area contributed by atoms with E-state index in [9.17, 15) is 22.8 Å². The Morgan fingerprint density at radius 1 is 1.14 bits per heavy atom. The summed E-state index contributed by atoms with van der Waals surface area (Å²) in [7, 11) is 1.42. The Morgan fingerprint density at radius 3 is 2.05 bits per heavy atom. The monoisotopic (exact) mass is 317 g/mol. The lowest BCUT2D eigenvalue weighted by atomic mass is 9.88. The number of amides is 1. The number of hydrogen-bond acceptors (Lipinski definition) is 2. The van der Waals surface area contributed by atoms with E-state index in [1.807, 2.05) is 0 Å². The lowest BCUT2D eigenvalue weighted by molar-refractivity contribution is -0.215. The molecular formula is C15H18F3NO3. The summed E-state index contributed by atoms with van der Waals surface area (Å²) in [5, 5.41) is 8.78. The van der Waals surface area contributed by atoms with Gasteiger partial charge in [0.1, 0.15) is 0 Å². The lowest BCUT2D eigenvalue weighted by Crippen LogP contribution is -2.38.